The van der Waals surface area contributed by atoms with Gasteiger partial charge < -0.3 is 15.7 Å². The highest BCUT2D eigenvalue weighted by Crippen LogP contribution is 2.39. The molecule has 0 spiro atoms. The lowest BCUT2D eigenvalue weighted by Gasteiger charge is -2.25. The summed E-state index contributed by atoms with van der Waals surface area (Å²) < 4.78 is 1.42. The highest BCUT2D eigenvalue weighted by molar-refractivity contribution is 5.92. The molecule has 0 aliphatic heterocycles. The van der Waals surface area contributed by atoms with Crippen LogP contribution >= 0.6 is 0 Å². The van der Waals surface area contributed by atoms with Crippen molar-refractivity contribution in [3.8, 4) is 17.0 Å². The van der Waals surface area contributed by atoms with Gasteiger partial charge in [0.2, 0.25) is 5.91 Å². The van der Waals surface area contributed by atoms with Gasteiger partial charge in [-0.05, 0) is 56.9 Å². The zero-order valence-electron chi connectivity index (χ0n) is 17.5. The third-order valence-corrected chi connectivity index (χ3v) is 5.01. The van der Waals surface area contributed by atoms with Gasteiger partial charge in [0.15, 0.2) is 0 Å². The van der Waals surface area contributed by atoms with E-state index in [0.29, 0.717) is 29.3 Å². The summed E-state index contributed by atoms with van der Waals surface area (Å²) in [7, 11) is 0. The van der Waals surface area contributed by atoms with E-state index in [0.717, 1.165) is 25.0 Å². The highest BCUT2D eigenvalue weighted by Gasteiger charge is 2.27. The topological polar surface area (TPSA) is 96.2 Å². The van der Waals surface area contributed by atoms with E-state index in [9.17, 15) is 14.7 Å². The molecule has 7 nitrogen and oxygen atoms in total. The number of amides is 2. The van der Waals surface area contributed by atoms with E-state index in [1.165, 1.54) is 10.7 Å². The second-order valence-electron chi connectivity index (χ2n) is 8.48. The van der Waals surface area contributed by atoms with Gasteiger partial charge in [0.25, 0.3) is 0 Å². The maximum absolute atomic E-state index is 12.6. The van der Waals surface area contributed by atoms with Crippen molar-refractivity contribution in [2.24, 2.45) is 5.92 Å². The average Bonchev–Trinajstić information content (AvgIpc) is 2.98. The summed E-state index contributed by atoms with van der Waals surface area (Å²) in [5.41, 5.74) is 2.46. The number of carbonyl (C=O) groups is 2. The molecular weight excluding hydrogens is 368 g/mol. The molecular formula is C22H30N4O3. The molecule has 0 bridgehead atoms. The van der Waals surface area contributed by atoms with Gasteiger partial charge in [-0.15, -0.1) is 0 Å². The Morgan fingerprint density at radius 2 is 1.93 bits per heavy atom. The van der Waals surface area contributed by atoms with Gasteiger partial charge in [-0.2, -0.15) is 9.78 Å². The van der Waals surface area contributed by atoms with Crippen LogP contribution in [0, 0.1) is 5.92 Å². The minimum absolute atomic E-state index is 0.00251. The van der Waals surface area contributed by atoms with Crippen molar-refractivity contribution in [2.75, 3.05) is 5.32 Å². The van der Waals surface area contributed by atoms with Crippen molar-refractivity contribution in [3.05, 3.63) is 30.0 Å². The number of aromatic hydroxyl groups is 1. The number of nitrogens with one attached hydrogen (secondary N) is 2. The lowest BCUT2D eigenvalue weighted by Crippen LogP contribution is -2.36. The van der Waals surface area contributed by atoms with E-state index >= 15 is 0 Å². The van der Waals surface area contributed by atoms with Gasteiger partial charge in [0.1, 0.15) is 5.75 Å². The minimum atomic E-state index is -0.269. The third kappa shape index (κ3) is 4.96. The van der Waals surface area contributed by atoms with Crippen LogP contribution in [0.25, 0.3) is 11.3 Å². The summed E-state index contributed by atoms with van der Waals surface area (Å²) in [6.07, 6.45) is 3.61. The van der Waals surface area contributed by atoms with Crippen molar-refractivity contribution >= 4 is 17.6 Å². The lowest BCUT2D eigenvalue weighted by atomic mass is 9.82. The number of hydrogen-bond acceptors (Lipinski definition) is 4. The molecule has 3 N–H and O–H groups in total. The van der Waals surface area contributed by atoms with Crippen LogP contribution < -0.4 is 10.6 Å². The average molecular weight is 399 g/mol. The van der Waals surface area contributed by atoms with E-state index in [2.05, 4.69) is 15.7 Å². The van der Waals surface area contributed by atoms with Gasteiger partial charge in [-0.25, -0.2) is 4.79 Å². The van der Waals surface area contributed by atoms with Crippen molar-refractivity contribution in [2.45, 2.75) is 65.3 Å². The smallest absolute Gasteiger partial charge is 0.342 e. The van der Waals surface area contributed by atoms with E-state index < -0.39 is 0 Å². The van der Waals surface area contributed by atoms with Gasteiger partial charge in [0.05, 0.1) is 11.4 Å². The number of aromatic nitrogens is 2. The zero-order valence-corrected chi connectivity index (χ0v) is 17.5. The van der Waals surface area contributed by atoms with Crippen LogP contribution in [-0.2, 0) is 4.79 Å². The molecule has 0 saturated heterocycles. The Kier molecular flexibility index (Phi) is 6.25. The normalized spacial score (nSPS) is 14.1. The summed E-state index contributed by atoms with van der Waals surface area (Å²) in [6, 6.07) is 6.50. The lowest BCUT2D eigenvalue weighted by molar-refractivity contribution is -0.116. The summed E-state index contributed by atoms with van der Waals surface area (Å²) in [6.45, 7) is 7.78. The SMILES string of the molecule is CC(C)CC(=O)Nc1ccc(O)c(-c2cc(C3CCC3)n(C(=O)NC(C)C)n2)c1. The first-order valence-corrected chi connectivity index (χ1v) is 10.3. The first-order valence-electron chi connectivity index (χ1n) is 10.3. The molecule has 156 valence electrons. The highest BCUT2D eigenvalue weighted by atomic mass is 16.3. The fourth-order valence-electron chi connectivity index (χ4n) is 3.39. The molecule has 0 unspecified atom stereocenters. The van der Waals surface area contributed by atoms with Crippen LogP contribution in [0.2, 0.25) is 0 Å². The predicted molar refractivity (Wildman–Crippen MR) is 113 cm³/mol. The molecule has 1 saturated carbocycles. The third-order valence-electron chi connectivity index (χ3n) is 5.01. The number of carbonyl (C=O) groups excluding carboxylic acids is 2. The van der Waals surface area contributed by atoms with Crippen LogP contribution in [0.4, 0.5) is 10.5 Å². The number of hydrogen-bond donors (Lipinski definition) is 3. The van der Waals surface area contributed by atoms with Crippen LogP contribution in [0.1, 0.15) is 65.0 Å². The fourth-order valence-corrected chi connectivity index (χ4v) is 3.39. The predicted octanol–water partition coefficient (Wildman–Crippen LogP) is 4.47. The maximum atomic E-state index is 12.6. The number of rotatable bonds is 6. The van der Waals surface area contributed by atoms with E-state index in [-0.39, 0.29) is 29.6 Å². The summed E-state index contributed by atoms with van der Waals surface area (Å²) in [5, 5.41) is 20.6. The Labute approximate surface area is 171 Å². The Hall–Kier alpha value is -2.83. The molecule has 2 aromatic rings. The first-order chi connectivity index (χ1) is 13.7. The molecule has 1 aliphatic carbocycles. The Morgan fingerprint density at radius 1 is 1.21 bits per heavy atom. The Balaban J connectivity index is 1.93. The molecule has 29 heavy (non-hydrogen) atoms. The standard InChI is InChI=1S/C22H30N4O3/c1-13(2)10-21(28)24-16-8-9-20(27)17(11-16)18-12-19(15-6-5-7-15)26(25-18)22(29)23-14(3)4/h8-9,11-15,27H,5-7,10H2,1-4H3,(H,23,29)(H,24,28). The number of phenols is 1. The second-order valence-corrected chi connectivity index (χ2v) is 8.48. The number of nitrogens with zero attached hydrogens (tertiary/aromatic N) is 2. The van der Waals surface area contributed by atoms with Gasteiger partial charge in [-0.3, -0.25) is 4.79 Å². The molecule has 0 atom stereocenters. The molecule has 1 aromatic heterocycles. The molecule has 2 amide bonds. The van der Waals surface area contributed by atoms with Crippen molar-refractivity contribution in [3.63, 3.8) is 0 Å². The number of benzene rings is 1. The van der Waals surface area contributed by atoms with Gasteiger partial charge >= 0.3 is 6.03 Å². The summed E-state index contributed by atoms with van der Waals surface area (Å²) >= 11 is 0. The molecule has 1 heterocycles. The fraction of sp³-hybridized carbons (Fsp3) is 0.500. The van der Waals surface area contributed by atoms with E-state index in [1.54, 1.807) is 12.1 Å². The summed E-state index contributed by atoms with van der Waals surface area (Å²) in [5.74, 6) is 0.534. The van der Waals surface area contributed by atoms with E-state index in [1.807, 2.05) is 33.8 Å². The van der Waals surface area contributed by atoms with Crippen LogP contribution in [0.3, 0.4) is 0 Å². The summed E-state index contributed by atoms with van der Waals surface area (Å²) in [4.78, 5) is 24.7. The first kappa shape index (κ1) is 20.9. The van der Waals surface area contributed by atoms with Gasteiger partial charge in [0, 0.05) is 29.6 Å². The van der Waals surface area contributed by atoms with Crippen molar-refractivity contribution in [1.29, 1.82) is 0 Å². The second kappa shape index (κ2) is 8.68. The van der Waals surface area contributed by atoms with Crippen LogP contribution in [0.15, 0.2) is 24.3 Å². The van der Waals surface area contributed by atoms with Crippen molar-refractivity contribution in [1.82, 2.24) is 15.1 Å². The molecule has 1 aliphatic rings. The molecule has 1 fully saturated rings. The van der Waals surface area contributed by atoms with Crippen LogP contribution in [0.5, 0.6) is 5.75 Å². The van der Waals surface area contributed by atoms with Crippen LogP contribution in [-0.4, -0.2) is 32.9 Å². The minimum Gasteiger partial charge on any atom is -0.507 e. The molecule has 7 heteroatoms. The number of anilines is 1. The van der Waals surface area contributed by atoms with E-state index in [4.69, 9.17) is 0 Å². The molecule has 1 aromatic carbocycles. The molecule has 0 radical (unpaired) electrons. The Bertz CT molecular complexity index is 897. The quantitative estimate of drug-likeness (QED) is 0.625. The molecule has 3 rings (SSSR count). The maximum Gasteiger partial charge on any atom is 0.342 e. The monoisotopic (exact) mass is 398 g/mol. The zero-order chi connectivity index (χ0) is 21.1. The number of phenolic OH excluding ortho intramolecular Hbond substituents is 1. The van der Waals surface area contributed by atoms with Gasteiger partial charge in [-0.1, -0.05) is 20.3 Å². The Morgan fingerprint density at radius 3 is 2.52 bits per heavy atom. The largest absolute Gasteiger partial charge is 0.507 e. The van der Waals surface area contributed by atoms with Crippen molar-refractivity contribution < 1.29 is 14.7 Å².